The Morgan fingerprint density at radius 3 is 2.65 bits per heavy atom. The highest BCUT2D eigenvalue weighted by Crippen LogP contribution is 2.24. The van der Waals surface area contributed by atoms with Crippen LogP contribution in [0.3, 0.4) is 0 Å². The average Bonchev–Trinajstić information content (AvgIpc) is 2.47. The molecule has 1 saturated heterocycles. The summed E-state index contributed by atoms with van der Waals surface area (Å²) in [5.74, 6) is 0.801. The molecule has 0 aliphatic carbocycles. The summed E-state index contributed by atoms with van der Waals surface area (Å²) in [6, 6.07) is 7.21. The number of rotatable bonds is 5. The van der Waals surface area contributed by atoms with Crippen LogP contribution in [0.1, 0.15) is 24.8 Å². The standard InChI is InChI=1S/C15H21NO4/c1-20-12-4-2-11(3-5-12)10-16-13(8-9-17)14(18)6-7-15(16)19/h2-5,13-14,17-18H,6-10H2,1H3/t13-,14-/m0/s1. The van der Waals surface area contributed by atoms with Gasteiger partial charge in [0, 0.05) is 19.6 Å². The number of carbonyl (C=O) groups excluding carboxylic acids is 1. The summed E-state index contributed by atoms with van der Waals surface area (Å²) >= 11 is 0. The van der Waals surface area contributed by atoms with Crippen molar-refractivity contribution in [2.45, 2.75) is 38.0 Å². The molecule has 0 saturated carbocycles. The first-order chi connectivity index (χ1) is 9.65. The number of hydrogen-bond acceptors (Lipinski definition) is 4. The zero-order valence-corrected chi connectivity index (χ0v) is 11.7. The van der Waals surface area contributed by atoms with Crippen LogP contribution in [-0.4, -0.2) is 46.9 Å². The molecule has 1 aromatic carbocycles. The second-order valence-corrected chi connectivity index (χ2v) is 5.06. The predicted octanol–water partition coefficient (Wildman–Crippen LogP) is 0.929. The molecule has 1 heterocycles. The Morgan fingerprint density at radius 2 is 2.05 bits per heavy atom. The van der Waals surface area contributed by atoms with Gasteiger partial charge in [-0.3, -0.25) is 4.79 Å². The van der Waals surface area contributed by atoms with Crippen LogP contribution in [0.25, 0.3) is 0 Å². The number of aliphatic hydroxyl groups excluding tert-OH is 2. The summed E-state index contributed by atoms with van der Waals surface area (Å²) in [5.41, 5.74) is 0.983. The van der Waals surface area contributed by atoms with Crippen molar-refractivity contribution in [3.8, 4) is 5.75 Å². The molecule has 2 rings (SSSR count). The van der Waals surface area contributed by atoms with Crippen molar-refractivity contribution in [1.29, 1.82) is 0 Å². The third-order valence-electron chi connectivity index (χ3n) is 3.76. The van der Waals surface area contributed by atoms with E-state index in [2.05, 4.69) is 0 Å². The van der Waals surface area contributed by atoms with Crippen LogP contribution in [0, 0.1) is 0 Å². The predicted molar refractivity (Wildman–Crippen MR) is 74.3 cm³/mol. The SMILES string of the molecule is COc1ccc(CN2C(=O)CC[C@H](O)[C@@H]2CCO)cc1. The normalized spacial score (nSPS) is 22.9. The van der Waals surface area contributed by atoms with E-state index in [0.29, 0.717) is 25.8 Å². The van der Waals surface area contributed by atoms with E-state index < -0.39 is 6.10 Å². The highest BCUT2D eigenvalue weighted by Gasteiger charge is 2.34. The zero-order valence-electron chi connectivity index (χ0n) is 11.7. The maximum atomic E-state index is 12.1. The van der Waals surface area contributed by atoms with E-state index in [4.69, 9.17) is 9.84 Å². The Bertz CT molecular complexity index is 446. The molecule has 1 aliphatic heterocycles. The Morgan fingerprint density at radius 1 is 1.35 bits per heavy atom. The number of carbonyl (C=O) groups is 1. The van der Waals surface area contributed by atoms with Crippen LogP contribution in [0.4, 0.5) is 0 Å². The molecule has 1 aromatic rings. The van der Waals surface area contributed by atoms with Crippen molar-refractivity contribution >= 4 is 5.91 Å². The molecule has 2 N–H and O–H groups in total. The van der Waals surface area contributed by atoms with E-state index in [1.54, 1.807) is 12.0 Å². The van der Waals surface area contributed by atoms with Crippen molar-refractivity contribution in [3.05, 3.63) is 29.8 Å². The van der Waals surface area contributed by atoms with Gasteiger partial charge in [-0.25, -0.2) is 0 Å². The minimum absolute atomic E-state index is 0.0320. The molecular weight excluding hydrogens is 258 g/mol. The Hall–Kier alpha value is -1.59. The number of ether oxygens (including phenoxy) is 1. The van der Waals surface area contributed by atoms with Gasteiger partial charge in [0.25, 0.3) is 0 Å². The van der Waals surface area contributed by atoms with Crippen LogP contribution in [0.2, 0.25) is 0 Å². The second-order valence-electron chi connectivity index (χ2n) is 5.06. The fourth-order valence-corrected chi connectivity index (χ4v) is 2.61. The maximum Gasteiger partial charge on any atom is 0.223 e. The monoisotopic (exact) mass is 279 g/mol. The number of methoxy groups -OCH3 is 1. The lowest BCUT2D eigenvalue weighted by molar-refractivity contribution is -0.143. The molecule has 1 aliphatic rings. The van der Waals surface area contributed by atoms with Gasteiger partial charge in [-0.15, -0.1) is 0 Å². The Balaban J connectivity index is 2.11. The highest BCUT2D eigenvalue weighted by atomic mass is 16.5. The first-order valence-corrected chi connectivity index (χ1v) is 6.87. The van der Waals surface area contributed by atoms with Crippen molar-refractivity contribution in [2.24, 2.45) is 0 Å². The molecule has 2 atom stereocenters. The van der Waals surface area contributed by atoms with Gasteiger partial charge in [-0.1, -0.05) is 12.1 Å². The summed E-state index contributed by atoms with van der Waals surface area (Å²) in [6.45, 7) is 0.415. The number of aliphatic hydroxyl groups is 2. The first kappa shape index (κ1) is 14.8. The third kappa shape index (κ3) is 3.29. The molecule has 5 heteroatoms. The van der Waals surface area contributed by atoms with Crippen LogP contribution in [-0.2, 0) is 11.3 Å². The molecular formula is C15H21NO4. The van der Waals surface area contributed by atoms with Gasteiger partial charge >= 0.3 is 0 Å². The minimum atomic E-state index is -0.557. The van der Waals surface area contributed by atoms with Gasteiger partial charge in [-0.05, 0) is 30.5 Å². The van der Waals surface area contributed by atoms with E-state index >= 15 is 0 Å². The zero-order chi connectivity index (χ0) is 14.5. The molecule has 0 spiro atoms. The van der Waals surface area contributed by atoms with Crippen molar-refractivity contribution in [1.82, 2.24) is 4.90 Å². The topological polar surface area (TPSA) is 70.0 Å². The quantitative estimate of drug-likeness (QED) is 0.841. The summed E-state index contributed by atoms with van der Waals surface area (Å²) in [4.78, 5) is 13.7. The molecule has 0 radical (unpaired) electrons. The Labute approximate surface area is 118 Å². The van der Waals surface area contributed by atoms with Gasteiger partial charge in [0.05, 0.1) is 19.3 Å². The van der Waals surface area contributed by atoms with Gasteiger partial charge in [0.15, 0.2) is 0 Å². The molecule has 5 nitrogen and oxygen atoms in total. The van der Waals surface area contributed by atoms with Crippen molar-refractivity contribution in [3.63, 3.8) is 0 Å². The van der Waals surface area contributed by atoms with E-state index in [1.807, 2.05) is 24.3 Å². The molecule has 110 valence electrons. The molecule has 0 aromatic heterocycles. The fraction of sp³-hybridized carbons (Fsp3) is 0.533. The van der Waals surface area contributed by atoms with Gasteiger partial charge < -0.3 is 19.8 Å². The van der Waals surface area contributed by atoms with E-state index in [0.717, 1.165) is 11.3 Å². The van der Waals surface area contributed by atoms with Crippen LogP contribution in [0.15, 0.2) is 24.3 Å². The molecule has 0 unspecified atom stereocenters. The van der Waals surface area contributed by atoms with E-state index in [1.165, 1.54) is 0 Å². The van der Waals surface area contributed by atoms with Crippen LogP contribution < -0.4 is 4.74 Å². The summed E-state index contributed by atoms with van der Waals surface area (Å²) in [6.07, 6.45) is 0.684. The number of benzene rings is 1. The van der Waals surface area contributed by atoms with Crippen LogP contribution >= 0.6 is 0 Å². The van der Waals surface area contributed by atoms with Gasteiger partial charge in [-0.2, -0.15) is 0 Å². The number of hydrogen-bond donors (Lipinski definition) is 2. The molecule has 1 amide bonds. The number of amides is 1. The lowest BCUT2D eigenvalue weighted by Crippen LogP contribution is -2.51. The van der Waals surface area contributed by atoms with Crippen molar-refractivity contribution in [2.75, 3.05) is 13.7 Å². The summed E-state index contributed by atoms with van der Waals surface area (Å²) < 4.78 is 5.10. The molecule has 1 fully saturated rings. The number of piperidine rings is 1. The summed E-state index contributed by atoms with van der Waals surface area (Å²) in [5, 5.41) is 19.1. The van der Waals surface area contributed by atoms with Crippen molar-refractivity contribution < 1.29 is 19.7 Å². The van der Waals surface area contributed by atoms with Gasteiger partial charge in [0.2, 0.25) is 5.91 Å². The fourth-order valence-electron chi connectivity index (χ4n) is 2.61. The minimum Gasteiger partial charge on any atom is -0.497 e. The third-order valence-corrected chi connectivity index (χ3v) is 3.76. The largest absolute Gasteiger partial charge is 0.497 e. The lowest BCUT2D eigenvalue weighted by atomic mass is 9.95. The second kappa shape index (κ2) is 6.72. The van der Waals surface area contributed by atoms with E-state index in [-0.39, 0.29) is 18.6 Å². The van der Waals surface area contributed by atoms with Gasteiger partial charge in [0.1, 0.15) is 5.75 Å². The molecule has 0 bridgehead atoms. The lowest BCUT2D eigenvalue weighted by Gasteiger charge is -2.39. The highest BCUT2D eigenvalue weighted by molar-refractivity contribution is 5.77. The van der Waals surface area contributed by atoms with Crippen LogP contribution in [0.5, 0.6) is 5.75 Å². The van der Waals surface area contributed by atoms with E-state index in [9.17, 15) is 9.90 Å². The molecule has 20 heavy (non-hydrogen) atoms. The Kier molecular flexibility index (Phi) is 4.98. The smallest absolute Gasteiger partial charge is 0.223 e. The number of likely N-dealkylation sites (tertiary alicyclic amines) is 1. The maximum absolute atomic E-state index is 12.1. The summed E-state index contributed by atoms with van der Waals surface area (Å²) in [7, 11) is 1.61. The number of nitrogens with zero attached hydrogens (tertiary/aromatic N) is 1. The first-order valence-electron chi connectivity index (χ1n) is 6.87. The average molecular weight is 279 g/mol.